The topological polar surface area (TPSA) is 51.2 Å². The molecule has 0 fully saturated rings. The molecule has 0 amide bonds. The molecular weight excluding hydrogens is 308 g/mol. The summed E-state index contributed by atoms with van der Waals surface area (Å²) in [6, 6.07) is 13.2. The van der Waals surface area contributed by atoms with Gasteiger partial charge in [-0.2, -0.15) is 5.10 Å². The highest BCUT2D eigenvalue weighted by Crippen LogP contribution is 2.30. The number of rotatable bonds is 3. The fourth-order valence-electron chi connectivity index (χ4n) is 1.94. The van der Waals surface area contributed by atoms with Gasteiger partial charge in [0, 0.05) is 6.20 Å². The molecule has 3 rings (SSSR count). The van der Waals surface area contributed by atoms with E-state index in [1.54, 1.807) is 23.0 Å². The van der Waals surface area contributed by atoms with Crippen LogP contribution >= 0.6 is 15.9 Å². The van der Waals surface area contributed by atoms with Gasteiger partial charge in [-0.3, -0.25) is 0 Å². The molecule has 0 saturated heterocycles. The normalized spacial score (nSPS) is 12.5. The van der Waals surface area contributed by atoms with Crippen LogP contribution in [0.3, 0.4) is 0 Å². The lowest BCUT2D eigenvalue weighted by atomic mass is 10.2. The predicted molar refractivity (Wildman–Crippen MR) is 74.0 cm³/mol. The second-order valence-corrected chi connectivity index (χ2v) is 4.89. The van der Waals surface area contributed by atoms with Crippen LogP contribution in [0.2, 0.25) is 0 Å². The van der Waals surface area contributed by atoms with Gasteiger partial charge in [0.25, 0.3) is 0 Å². The molecule has 19 heavy (non-hydrogen) atoms. The van der Waals surface area contributed by atoms with E-state index in [4.69, 9.17) is 4.42 Å². The van der Waals surface area contributed by atoms with Crippen LogP contribution in [0.5, 0.6) is 0 Å². The molecule has 0 saturated carbocycles. The molecule has 0 bridgehead atoms. The van der Waals surface area contributed by atoms with Gasteiger partial charge in [0.15, 0.2) is 11.9 Å². The van der Waals surface area contributed by atoms with Gasteiger partial charge in [0.1, 0.15) is 0 Å². The zero-order chi connectivity index (χ0) is 13.2. The number of hydrogen-bond acceptors (Lipinski definition) is 3. The average Bonchev–Trinajstić information content (AvgIpc) is 3.07. The van der Waals surface area contributed by atoms with Crippen LogP contribution in [0.4, 0.5) is 0 Å². The molecule has 1 atom stereocenters. The summed E-state index contributed by atoms with van der Waals surface area (Å²) in [6.45, 7) is 0. The van der Waals surface area contributed by atoms with E-state index >= 15 is 0 Å². The number of hydrogen-bond donors (Lipinski definition) is 1. The highest BCUT2D eigenvalue weighted by molar-refractivity contribution is 9.10. The Balaban J connectivity index is 2.04. The van der Waals surface area contributed by atoms with Gasteiger partial charge in [-0.1, -0.05) is 18.2 Å². The highest BCUT2D eigenvalue weighted by atomic mass is 79.9. The number of nitrogens with zero attached hydrogens (tertiary/aromatic N) is 2. The number of benzene rings is 1. The Morgan fingerprint density at radius 3 is 2.63 bits per heavy atom. The standard InChI is InChI=1S/C14H11BrN2O2/c15-11-7-9-19-14(11)13(18)12-6-8-16-17(12)10-4-2-1-3-5-10/h1-9,13,18H. The molecule has 96 valence electrons. The quantitative estimate of drug-likeness (QED) is 0.806. The molecule has 0 aliphatic heterocycles. The van der Waals surface area contributed by atoms with Crippen LogP contribution in [0.25, 0.3) is 5.69 Å². The monoisotopic (exact) mass is 318 g/mol. The maximum atomic E-state index is 10.4. The van der Waals surface area contributed by atoms with Crippen LogP contribution in [-0.4, -0.2) is 14.9 Å². The second kappa shape index (κ2) is 5.03. The van der Waals surface area contributed by atoms with E-state index in [-0.39, 0.29) is 0 Å². The molecule has 0 radical (unpaired) electrons. The van der Waals surface area contributed by atoms with Crippen molar-refractivity contribution in [3.05, 3.63) is 70.9 Å². The number of furan rings is 1. The highest BCUT2D eigenvalue weighted by Gasteiger charge is 2.21. The summed E-state index contributed by atoms with van der Waals surface area (Å²) < 4.78 is 7.73. The molecule has 5 heteroatoms. The lowest BCUT2D eigenvalue weighted by Gasteiger charge is -2.12. The van der Waals surface area contributed by atoms with E-state index in [0.29, 0.717) is 11.5 Å². The minimum Gasteiger partial charge on any atom is -0.465 e. The average molecular weight is 319 g/mol. The third-order valence-corrected chi connectivity index (χ3v) is 3.50. The minimum absolute atomic E-state index is 0.470. The summed E-state index contributed by atoms with van der Waals surface area (Å²) in [4.78, 5) is 0. The van der Waals surface area contributed by atoms with E-state index in [1.165, 1.54) is 6.26 Å². The van der Waals surface area contributed by atoms with E-state index in [2.05, 4.69) is 21.0 Å². The second-order valence-electron chi connectivity index (χ2n) is 4.04. The van der Waals surface area contributed by atoms with Crippen molar-refractivity contribution in [3.8, 4) is 5.69 Å². The number of aliphatic hydroxyl groups is 1. The van der Waals surface area contributed by atoms with Crippen LogP contribution < -0.4 is 0 Å². The van der Waals surface area contributed by atoms with E-state index < -0.39 is 6.10 Å². The van der Waals surface area contributed by atoms with Crippen molar-refractivity contribution in [2.45, 2.75) is 6.10 Å². The summed E-state index contributed by atoms with van der Waals surface area (Å²) >= 11 is 3.35. The molecule has 1 N–H and O–H groups in total. The van der Waals surface area contributed by atoms with Crippen molar-refractivity contribution in [1.29, 1.82) is 0 Å². The Bertz CT molecular complexity index is 676. The number of aliphatic hydroxyl groups excluding tert-OH is 1. The smallest absolute Gasteiger partial charge is 0.155 e. The first-order valence-electron chi connectivity index (χ1n) is 5.77. The lowest BCUT2D eigenvalue weighted by molar-refractivity contribution is 0.181. The number of para-hydroxylation sites is 1. The van der Waals surface area contributed by atoms with E-state index in [9.17, 15) is 5.11 Å². The van der Waals surface area contributed by atoms with Crippen LogP contribution in [0, 0.1) is 0 Å². The maximum absolute atomic E-state index is 10.4. The lowest BCUT2D eigenvalue weighted by Crippen LogP contribution is -2.08. The van der Waals surface area contributed by atoms with Crippen molar-refractivity contribution >= 4 is 15.9 Å². The van der Waals surface area contributed by atoms with Gasteiger partial charge in [-0.25, -0.2) is 4.68 Å². The molecular formula is C14H11BrN2O2. The first-order chi connectivity index (χ1) is 9.27. The fraction of sp³-hybridized carbons (Fsp3) is 0.0714. The van der Waals surface area contributed by atoms with Gasteiger partial charge >= 0.3 is 0 Å². The molecule has 4 nitrogen and oxygen atoms in total. The Morgan fingerprint density at radius 1 is 1.16 bits per heavy atom. The molecule has 0 aliphatic carbocycles. The zero-order valence-corrected chi connectivity index (χ0v) is 11.5. The molecule has 0 aliphatic rings. The Morgan fingerprint density at radius 2 is 1.95 bits per heavy atom. The first-order valence-corrected chi connectivity index (χ1v) is 6.57. The molecule has 1 unspecified atom stereocenters. The van der Waals surface area contributed by atoms with Crippen molar-refractivity contribution in [2.75, 3.05) is 0 Å². The Hall–Kier alpha value is -1.85. The number of halogens is 1. The Labute approximate surface area is 118 Å². The van der Waals surface area contributed by atoms with Crippen molar-refractivity contribution in [1.82, 2.24) is 9.78 Å². The van der Waals surface area contributed by atoms with Crippen molar-refractivity contribution in [2.24, 2.45) is 0 Å². The number of aromatic nitrogens is 2. The fourth-order valence-corrected chi connectivity index (χ4v) is 2.36. The molecule has 2 aromatic heterocycles. The van der Waals surface area contributed by atoms with Gasteiger partial charge < -0.3 is 9.52 Å². The van der Waals surface area contributed by atoms with Gasteiger partial charge in [-0.15, -0.1) is 0 Å². The molecule has 0 spiro atoms. The molecule has 1 aromatic carbocycles. The first kappa shape index (κ1) is 12.2. The summed E-state index contributed by atoms with van der Waals surface area (Å²) in [5.74, 6) is 0.470. The van der Waals surface area contributed by atoms with Crippen LogP contribution in [0.15, 0.2) is 63.8 Å². The van der Waals surface area contributed by atoms with E-state index in [1.807, 2.05) is 30.3 Å². The molecule has 2 heterocycles. The van der Waals surface area contributed by atoms with Gasteiger partial charge in [0.05, 0.1) is 22.1 Å². The van der Waals surface area contributed by atoms with Crippen LogP contribution in [-0.2, 0) is 0 Å². The third-order valence-electron chi connectivity index (χ3n) is 2.85. The summed E-state index contributed by atoms with van der Waals surface area (Å²) in [6.07, 6.45) is 2.32. The summed E-state index contributed by atoms with van der Waals surface area (Å²) in [5.41, 5.74) is 1.55. The SMILES string of the molecule is OC(c1occc1Br)c1ccnn1-c1ccccc1. The zero-order valence-electron chi connectivity index (χ0n) is 9.90. The molecule has 3 aromatic rings. The van der Waals surface area contributed by atoms with E-state index in [0.717, 1.165) is 10.2 Å². The minimum atomic E-state index is -0.868. The van der Waals surface area contributed by atoms with Gasteiger partial charge in [0.2, 0.25) is 0 Å². The predicted octanol–water partition coefficient (Wildman–Crippen LogP) is 3.31. The largest absolute Gasteiger partial charge is 0.465 e. The third kappa shape index (κ3) is 2.22. The maximum Gasteiger partial charge on any atom is 0.155 e. The van der Waals surface area contributed by atoms with Crippen LogP contribution in [0.1, 0.15) is 17.6 Å². The van der Waals surface area contributed by atoms with Crippen molar-refractivity contribution < 1.29 is 9.52 Å². The Kier molecular flexibility index (Phi) is 3.23. The van der Waals surface area contributed by atoms with Crippen molar-refractivity contribution in [3.63, 3.8) is 0 Å². The summed E-state index contributed by atoms with van der Waals surface area (Å²) in [7, 11) is 0. The van der Waals surface area contributed by atoms with Gasteiger partial charge in [-0.05, 0) is 40.2 Å². The summed E-state index contributed by atoms with van der Waals surface area (Å²) in [5, 5.41) is 14.7.